The van der Waals surface area contributed by atoms with Crippen molar-refractivity contribution in [1.82, 2.24) is 0 Å². The van der Waals surface area contributed by atoms with Crippen molar-refractivity contribution in [2.24, 2.45) is 0 Å². The predicted octanol–water partition coefficient (Wildman–Crippen LogP) is 4.38. The molecule has 0 amide bonds. The van der Waals surface area contributed by atoms with Crippen molar-refractivity contribution in [3.63, 3.8) is 0 Å². The Morgan fingerprint density at radius 3 is 1.86 bits per heavy atom. The van der Waals surface area contributed by atoms with Crippen LogP contribution in [0.3, 0.4) is 0 Å². The number of aliphatic carboxylic acids is 1. The average Bonchev–Trinajstić information content (AvgIpc) is 2.74. The number of methoxy groups -OCH3 is 2. The van der Waals surface area contributed by atoms with Crippen molar-refractivity contribution in [2.45, 2.75) is 6.42 Å². The lowest BCUT2D eigenvalue weighted by atomic mass is 10.0. The molecule has 29 heavy (non-hydrogen) atoms. The Labute approximate surface area is 169 Å². The second kappa shape index (κ2) is 10.5. The zero-order valence-electron chi connectivity index (χ0n) is 16.2. The molecule has 150 valence electrons. The van der Waals surface area contributed by atoms with E-state index in [1.165, 1.54) is 14.2 Å². The van der Waals surface area contributed by atoms with Gasteiger partial charge in [-0.3, -0.25) is 4.79 Å². The molecule has 2 N–H and O–H groups in total. The van der Waals surface area contributed by atoms with Crippen molar-refractivity contribution >= 4 is 11.9 Å². The summed E-state index contributed by atoms with van der Waals surface area (Å²) in [5.41, 5.74) is 3.12. The van der Waals surface area contributed by atoms with Gasteiger partial charge in [0.05, 0.1) is 26.2 Å². The summed E-state index contributed by atoms with van der Waals surface area (Å²) in [7, 11) is 3.05. The molecule has 6 nitrogen and oxygen atoms in total. The largest absolute Gasteiger partial charge is 0.493 e. The minimum atomic E-state index is -0.894. The van der Waals surface area contributed by atoms with Crippen LogP contribution in [0.1, 0.15) is 15.9 Å². The van der Waals surface area contributed by atoms with E-state index in [0.29, 0.717) is 22.6 Å². The number of benzene rings is 3. The SMILES string of the molecule is COc1ccc(CC(=O)O)cc1OC.O=C(O)c1ccc(-c2ccccc2)cc1. The van der Waals surface area contributed by atoms with Gasteiger partial charge in [0.25, 0.3) is 0 Å². The Morgan fingerprint density at radius 1 is 0.759 bits per heavy atom. The standard InChI is InChI=1S/C13H10O2.C10H12O4/c14-13(15)12-8-6-11(7-9-12)10-4-2-1-3-5-10;1-13-8-4-3-7(6-10(11)12)5-9(8)14-2/h1-9H,(H,14,15);3-5H,6H2,1-2H3,(H,11,12). The Hall–Kier alpha value is -3.80. The first-order chi connectivity index (χ1) is 13.9. The lowest BCUT2D eigenvalue weighted by Gasteiger charge is -2.08. The molecular formula is C23H22O6. The molecular weight excluding hydrogens is 372 g/mol. The highest BCUT2D eigenvalue weighted by molar-refractivity contribution is 5.88. The minimum absolute atomic E-state index is 0.0135. The van der Waals surface area contributed by atoms with Crippen LogP contribution in [-0.4, -0.2) is 36.4 Å². The van der Waals surface area contributed by atoms with Crippen molar-refractivity contribution < 1.29 is 29.3 Å². The minimum Gasteiger partial charge on any atom is -0.493 e. The third kappa shape index (κ3) is 6.39. The molecule has 3 aromatic rings. The summed E-state index contributed by atoms with van der Waals surface area (Å²) in [6, 6.07) is 21.8. The number of carboxylic acids is 2. The average molecular weight is 394 g/mol. The van der Waals surface area contributed by atoms with Crippen LogP contribution < -0.4 is 9.47 Å². The third-order valence-corrected chi connectivity index (χ3v) is 4.04. The number of hydrogen-bond donors (Lipinski definition) is 2. The van der Waals surface area contributed by atoms with Gasteiger partial charge >= 0.3 is 11.9 Å². The maximum absolute atomic E-state index is 10.6. The summed E-state index contributed by atoms with van der Waals surface area (Å²) in [5.74, 6) is -0.611. The van der Waals surface area contributed by atoms with Crippen LogP contribution in [0.4, 0.5) is 0 Å². The van der Waals surface area contributed by atoms with Crippen LogP contribution in [-0.2, 0) is 11.2 Å². The van der Waals surface area contributed by atoms with Gasteiger partial charge in [0.2, 0.25) is 0 Å². The molecule has 0 radical (unpaired) electrons. The van der Waals surface area contributed by atoms with Crippen LogP contribution in [0.25, 0.3) is 11.1 Å². The molecule has 3 aromatic carbocycles. The molecule has 0 heterocycles. The summed E-state index contributed by atoms with van der Waals surface area (Å²) < 4.78 is 10.1. The van der Waals surface area contributed by atoms with Crippen LogP contribution in [0.15, 0.2) is 72.8 Å². The van der Waals surface area contributed by atoms with Crippen molar-refractivity contribution in [3.05, 3.63) is 83.9 Å². The number of hydrogen-bond acceptors (Lipinski definition) is 4. The smallest absolute Gasteiger partial charge is 0.335 e. The zero-order valence-corrected chi connectivity index (χ0v) is 16.2. The van der Waals surface area contributed by atoms with E-state index in [4.69, 9.17) is 19.7 Å². The first kappa shape index (κ1) is 21.5. The van der Waals surface area contributed by atoms with Crippen molar-refractivity contribution in [3.8, 4) is 22.6 Å². The molecule has 3 rings (SSSR count). The normalized spacial score (nSPS) is 9.72. The number of rotatable bonds is 6. The van der Waals surface area contributed by atoms with Crippen LogP contribution >= 0.6 is 0 Å². The van der Waals surface area contributed by atoms with Crippen molar-refractivity contribution in [1.29, 1.82) is 0 Å². The first-order valence-electron chi connectivity index (χ1n) is 8.76. The van der Waals surface area contributed by atoms with Gasteiger partial charge in [-0.2, -0.15) is 0 Å². The van der Waals surface area contributed by atoms with Crippen LogP contribution in [0, 0.1) is 0 Å². The molecule has 0 atom stereocenters. The Bertz CT molecular complexity index is 949. The lowest BCUT2D eigenvalue weighted by Crippen LogP contribution is -2.00. The Balaban J connectivity index is 0.000000208. The molecule has 0 bridgehead atoms. The summed E-state index contributed by atoms with van der Waals surface area (Å²) in [4.78, 5) is 21.1. The van der Waals surface area contributed by atoms with E-state index in [1.54, 1.807) is 30.3 Å². The van der Waals surface area contributed by atoms with Crippen molar-refractivity contribution in [2.75, 3.05) is 14.2 Å². The number of carboxylic acid groups (broad SMARTS) is 2. The summed E-state index contributed by atoms with van der Waals surface area (Å²) in [6.45, 7) is 0. The summed E-state index contributed by atoms with van der Waals surface area (Å²) in [5, 5.41) is 17.3. The fraction of sp³-hybridized carbons (Fsp3) is 0.130. The Morgan fingerprint density at radius 2 is 1.34 bits per heavy atom. The third-order valence-electron chi connectivity index (χ3n) is 4.04. The Kier molecular flexibility index (Phi) is 7.79. The van der Waals surface area contributed by atoms with E-state index in [-0.39, 0.29) is 6.42 Å². The van der Waals surface area contributed by atoms with E-state index >= 15 is 0 Å². The van der Waals surface area contributed by atoms with E-state index < -0.39 is 11.9 Å². The van der Waals surface area contributed by atoms with E-state index in [9.17, 15) is 9.59 Å². The second-order valence-corrected chi connectivity index (χ2v) is 6.01. The molecule has 0 spiro atoms. The second-order valence-electron chi connectivity index (χ2n) is 6.01. The monoisotopic (exact) mass is 394 g/mol. The van der Waals surface area contributed by atoms with Gasteiger partial charge in [-0.15, -0.1) is 0 Å². The number of carbonyl (C=O) groups is 2. The molecule has 0 aliphatic carbocycles. The van der Waals surface area contributed by atoms with Gasteiger partial charge in [-0.25, -0.2) is 4.79 Å². The van der Waals surface area contributed by atoms with Crippen LogP contribution in [0.5, 0.6) is 11.5 Å². The molecule has 0 saturated heterocycles. The first-order valence-corrected chi connectivity index (χ1v) is 8.76. The summed E-state index contributed by atoms with van der Waals surface area (Å²) >= 11 is 0. The molecule has 0 fully saturated rings. The highest BCUT2D eigenvalue weighted by atomic mass is 16.5. The van der Waals surface area contributed by atoms with Gasteiger partial charge in [0, 0.05) is 0 Å². The molecule has 6 heteroatoms. The highest BCUT2D eigenvalue weighted by Gasteiger charge is 2.06. The summed E-state index contributed by atoms with van der Waals surface area (Å²) in [6.07, 6.45) is -0.0135. The molecule has 0 saturated carbocycles. The topological polar surface area (TPSA) is 93.1 Å². The maximum Gasteiger partial charge on any atom is 0.335 e. The lowest BCUT2D eigenvalue weighted by molar-refractivity contribution is -0.136. The van der Waals surface area contributed by atoms with Gasteiger partial charge < -0.3 is 19.7 Å². The molecule has 0 aromatic heterocycles. The van der Waals surface area contributed by atoms with Gasteiger partial charge in [-0.1, -0.05) is 48.5 Å². The fourth-order valence-corrected chi connectivity index (χ4v) is 2.60. The number of ether oxygens (including phenoxy) is 2. The van der Waals surface area contributed by atoms with Gasteiger partial charge in [0.1, 0.15) is 0 Å². The van der Waals surface area contributed by atoms with Gasteiger partial charge in [-0.05, 0) is 41.0 Å². The zero-order chi connectivity index (χ0) is 21.2. The van der Waals surface area contributed by atoms with Crippen LogP contribution in [0.2, 0.25) is 0 Å². The van der Waals surface area contributed by atoms with E-state index in [2.05, 4.69) is 0 Å². The molecule has 0 unspecified atom stereocenters. The maximum atomic E-state index is 10.6. The molecule has 0 aliphatic rings. The fourth-order valence-electron chi connectivity index (χ4n) is 2.60. The van der Waals surface area contributed by atoms with E-state index in [1.807, 2.05) is 42.5 Å². The number of aromatic carboxylic acids is 1. The predicted molar refractivity (Wildman–Crippen MR) is 110 cm³/mol. The quantitative estimate of drug-likeness (QED) is 0.644. The highest BCUT2D eigenvalue weighted by Crippen LogP contribution is 2.27. The van der Waals surface area contributed by atoms with Gasteiger partial charge in [0.15, 0.2) is 11.5 Å². The van der Waals surface area contributed by atoms with E-state index in [0.717, 1.165) is 11.1 Å². The molecule has 0 aliphatic heterocycles.